The number of hydrogen-bond donors (Lipinski definition) is 1. The average Bonchev–Trinajstić information content (AvgIpc) is 2.91. The molecule has 0 atom stereocenters. The summed E-state index contributed by atoms with van der Waals surface area (Å²) >= 11 is 0. The van der Waals surface area contributed by atoms with E-state index in [9.17, 15) is 5.11 Å². The van der Waals surface area contributed by atoms with Crippen molar-refractivity contribution in [1.29, 1.82) is 0 Å². The van der Waals surface area contributed by atoms with Gasteiger partial charge in [0.25, 0.3) is 0 Å². The Morgan fingerprint density at radius 2 is 1.62 bits per heavy atom. The first kappa shape index (κ1) is 20.2. The van der Waals surface area contributed by atoms with Crippen molar-refractivity contribution in [1.82, 2.24) is 0 Å². The molecule has 2 aliphatic rings. The van der Waals surface area contributed by atoms with Crippen LogP contribution in [-0.2, 0) is 9.31 Å². The largest absolute Gasteiger partial charge is 0.508 e. The summed E-state index contributed by atoms with van der Waals surface area (Å²) in [5, 5.41) is 11.2. The predicted molar refractivity (Wildman–Crippen MR) is 120 cm³/mol. The highest BCUT2D eigenvalue weighted by Crippen LogP contribution is 2.41. The van der Waals surface area contributed by atoms with Crippen LogP contribution in [0.3, 0.4) is 0 Å². The smallest absolute Gasteiger partial charge is 0.499 e. The predicted octanol–water partition coefficient (Wildman–Crippen LogP) is 5.62. The Kier molecular flexibility index (Phi) is 5.12. The lowest BCUT2D eigenvalue weighted by Gasteiger charge is -2.32. The molecular formula is C25H31BO3. The zero-order valence-electron chi connectivity index (χ0n) is 18.2. The minimum absolute atomic E-state index is 0.245. The molecule has 152 valence electrons. The van der Waals surface area contributed by atoms with E-state index in [2.05, 4.69) is 52.8 Å². The summed E-state index contributed by atoms with van der Waals surface area (Å²) in [5.74, 6) is 0.245. The molecule has 0 unspecified atom stereocenters. The normalized spacial score (nSPS) is 20.6. The van der Waals surface area contributed by atoms with Crippen molar-refractivity contribution in [3.63, 3.8) is 0 Å². The number of phenols is 1. The van der Waals surface area contributed by atoms with Gasteiger partial charge in [-0.25, -0.2) is 0 Å². The van der Waals surface area contributed by atoms with Crippen molar-refractivity contribution in [3.8, 4) is 16.9 Å². The third kappa shape index (κ3) is 3.53. The van der Waals surface area contributed by atoms with Crippen molar-refractivity contribution < 1.29 is 14.4 Å². The average molecular weight is 390 g/mol. The fraction of sp³-hybridized carbons (Fsp3) is 0.440. The molecule has 0 bridgehead atoms. The van der Waals surface area contributed by atoms with E-state index in [-0.39, 0.29) is 5.75 Å². The topological polar surface area (TPSA) is 38.7 Å². The van der Waals surface area contributed by atoms with Crippen LogP contribution in [0.15, 0.2) is 42.5 Å². The lowest BCUT2D eigenvalue weighted by molar-refractivity contribution is 0.00578. The van der Waals surface area contributed by atoms with Crippen LogP contribution in [0.4, 0.5) is 0 Å². The molecule has 0 amide bonds. The molecule has 0 saturated carbocycles. The van der Waals surface area contributed by atoms with Crippen LogP contribution >= 0.6 is 0 Å². The standard InChI is InChI=1S/C25H31BO3/c1-17-20(18-12-8-6-9-13-18)16-21(27)23(22(17)19-14-10-7-11-15-19)26-28-24(2,3)25(4,5)29-26/h6,8-9,12-14,16,27H,7,10-11,15H2,1-5H3. The van der Waals surface area contributed by atoms with Gasteiger partial charge in [0.05, 0.1) is 11.2 Å². The fourth-order valence-electron chi connectivity index (χ4n) is 4.38. The molecule has 1 aliphatic carbocycles. The number of phenolic OH excluding ortho intramolecular Hbond substituents is 1. The van der Waals surface area contributed by atoms with Gasteiger partial charge < -0.3 is 14.4 Å². The molecule has 4 rings (SSSR count). The van der Waals surface area contributed by atoms with Crippen LogP contribution in [0.25, 0.3) is 16.7 Å². The molecule has 2 aromatic carbocycles. The van der Waals surface area contributed by atoms with E-state index in [1.807, 2.05) is 24.3 Å². The second-order valence-electron chi connectivity index (χ2n) is 9.29. The molecular weight excluding hydrogens is 359 g/mol. The Balaban J connectivity index is 1.92. The Morgan fingerprint density at radius 3 is 2.21 bits per heavy atom. The van der Waals surface area contributed by atoms with Gasteiger partial charge >= 0.3 is 7.12 Å². The van der Waals surface area contributed by atoms with E-state index < -0.39 is 18.3 Å². The molecule has 0 spiro atoms. The van der Waals surface area contributed by atoms with Gasteiger partial charge in [-0.2, -0.15) is 0 Å². The number of benzene rings is 2. The van der Waals surface area contributed by atoms with E-state index in [0.717, 1.165) is 35.0 Å². The van der Waals surface area contributed by atoms with Crippen LogP contribution in [0.5, 0.6) is 5.75 Å². The highest BCUT2D eigenvalue weighted by Gasteiger charge is 2.53. The Bertz CT molecular complexity index is 928. The number of aromatic hydroxyl groups is 1. The zero-order chi connectivity index (χ0) is 20.8. The molecule has 1 aliphatic heterocycles. The molecule has 0 radical (unpaired) electrons. The SMILES string of the molecule is Cc1c(-c2ccccc2)cc(O)c(B2OC(C)(C)C(C)(C)O2)c1C1=CCCCC1. The van der Waals surface area contributed by atoms with Crippen LogP contribution < -0.4 is 5.46 Å². The maximum Gasteiger partial charge on any atom is 0.499 e. The third-order valence-corrected chi connectivity index (χ3v) is 6.79. The number of hydrogen-bond acceptors (Lipinski definition) is 3. The maximum atomic E-state index is 11.2. The maximum absolute atomic E-state index is 11.2. The summed E-state index contributed by atoms with van der Waals surface area (Å²) in [4.78, 5) is 0. The molecule has 1 N–H and O–H groups in total. The lowest BCUT2D eigenvalue weighted by Crippen LogP contribution is -2.41. The molecule has 3 nitrogen and oxygen atoms in total. The van der Waals surface area contributed by atoms with Gasteiger partial charge in [0.15, 0.2) is 0 Å². The molecule has 1 fully saturated rings. The Hall–Kier alpha value is -2.04. The van der Waals surface area contributed by atoms with E-state index in [1.165, 1.54) is 24.0 Å². The van der Waals surface area contributed by atoms with E-state index in [4.69, 9.17) is 9.31 Å². The second-order valence-corrected chi connectivity index (χ2v) is 9.29. The minimum atomic E-state index is -0.582. The second kappa shape index (κ2) is 7.34. The molecule has 1 heterocycles. The molecule has 1 saturated heterocycles. The van der Waals surface area contributed by atoms with Crippen LogP contribution in [-0.4, -0.2) is 23.4 Å². The van der Waals surface area contributed by atoms with Crippen molar-refractivity contribution >= 4 is 18.2 Å². The van der Waals surface area contributed by atoms with Crippen molar-refractivity contribution in [2.75, 3.05) is 0 Å². The summed E-state index contributed by atoms with van der Waals surface area (Å²) in [6.07, 6.45) is 6.82. The van der Waals surface area contributed by atoms with Crippen LogP contribution in [0, 0.1) is 6.92 Å². The highest BCUT2D eigenvalue weighted by molar-refractivity contribution is 6.64. The monoisotopic (exact) mass is 390 g/mol. The van der Waals surface area contributed by atoms with Crippen molar-refractivity contribution in [3.05, 3.63) is 53.6 Å². The minimum Gasteiger partial charge on any atom is -0.508 e. The van der Waals surface area contributed by atoms with Crippen LogP contribution in [0.1, 0.15) is 64.5 Å². The van der Waals surface area contributed by atoms with E-state index in [1.54, 1.807) is 0 Å². The Labute approximate surface area is 174 Å². The summed E-state index contributed by atoms with van der Waals surface area (Å²) in [6, 6.07) is 12.1. The summed E-state index contributed by atoms with van der Waals surface area (Å²) in [6.45, 7) is 10.4. The molecule has 0 aromatic heterocycles. The molecule has 2 aromatic rings. The van der Waals surface area contributed by atoms with Gasteiger partial charge in [0, 0.05) is 5.46 Å². The lowest BCUT2D eigenvalue weighted by atomic mass is 9.70. The number of rotatable bonds is 3. The first-order valence-corrected chi connectivity index (χ1v) is 10.7. The van der Waals surface area contributed by atoms with Crippen molar-refractivity contribution in [2.24, 2.45) is 0 Å². The first-order valence-electron chi connectivity index (χ1n) is 10.7. The van der Waals surface area contributed by atoms with Crippen molar-refractivity contribution in [2.45, 2.75) is 71.5 Å². The molecule has 29 heavy (non-hydrogen) atoms. The van der Waals surface area contributed by atoms with Crippen LogP contribution in [0.2, 0.25) is 0 Å². The van der Waals surface area contributed by atoms with Gasteiger partial charge in [-0.1, -0.05) is 36.4 Å². The fourth-order valence-corrected chi connectivity index (χ4v) is 4.38. The highest BCUT2D eigenvalue weighted by atomic mass is 16.7. The molecule has 4 heteroatoms. The quantitative estimate of drug-likeness (QED) is 0.691. The number of allylic oxidation sites excluding steroid dienone is 2. The van der Waals surface area contributed by atoms with Gasteiger partial charge in [-0.15, -0.1) is 0 Å². The zero-order valence-corrected chi connectivity index (χ0v) is 18.2. The van der Waals surface area contributed by atoms with Gasteiger partial charge in [-0.3, -0.25) is 0 Å². The van der Waals surface area contributed by atoms with Gasteiger partial charge in [-0.05, 0) is 94.2 Å². The summed E-state index contributed by atoms with van der Waals surface area (Å²) in [7, 11) is -0.582. The third-order valence-electron chi connectivity index (χ3n) is 6.79. The van der Waals surface area contributed by atoms with Gasteiger partial charge in [0.2, 0.25) is 0 Å². The van der Waals surface area contributed by atoms with Gasteiger partial charge in [0.1, 0.15) is 5.75 Å². The first-order chi connectivity index (χ1) is 13.7. The summed E-state index contributed by atoms with van der Waals surface area (Å²) < 4.78 is 12.7. The summed E-state index contributed by atoms with van der Waals surface area (Å²) in [5.41, 5.74) is 5.61. The van der Waals surface area contributed by atoms with E-state index in [0.29, 0.717) is 0 Å². The Morgan fingerprint density at radius 1 is 0.966 bits per heavy atom. The van der Waals surface area contributed by atoms with E-state index >= 15 is 0 Å².